The van der Waals surface area contributed by atoms with Crippen LogP contribution in [0.5, 0.6) is 0 Å². The molecule has 0 bridgehead atoms. The van der Waals surface area contributed by atoms with Crippen LogP contribution in [0.3, 0.4) is 0 Å². The minimum Gasteiger partial charge on any atom is -0.103 e. The SMILES string of the molecule is C=CCCCCC(C)CCC(C)C. The molecule has 0 aromatic rings. The lowest BCUT2D eigenvalue weighted by molar-refractivity contribution is 0.415. The van der Waals surface area contributed by atoms with Crippen molar-refractivity contribution in [3.8, 4) is 0 Å². The molecule has 0 N–H and O–H groups in total. The summed E-state index contributed by atoms with van der Waals surface area (Å²) in [7, 11) is 0. The Morgan fingerprint density at radius 1 is 1.00 bits per heavy atom. The second-order valence-corrected chi connectivity index (χ2v) is 4.65. The molecular weight excluding hydrogens is 156 g/mol. The first-order valence-electron chi connectivity index (χ1n) is 5.77. The van der Waals surface area contributed by atoms with Gasteiger partial charge in [0.05, 0.1) is 0 Å². The lowest BCUT2D eigenvalue weighted by Gasteiger charge is -2.12. The largest absolute Gasteiger partial charge is 0.103 e. The van der Waals surface area contributed by atoms with Crippen LogP contribution in [0.2, 0.25) is 0 Å². The molecule has 1 unspecified atom stereocenters. The summed E-state index contributed by atoms with van der Waals surface area (Å²) in [4.78, 5) is 0. The van der Waals surface area contributed by atoms with Crippen molar-refractivity contribution in [2.75, 3.05) is 0 Å². The Balaban J connectivity index is 3.19. The zero-order valence-corrected chi connectivity index (χ0v) is 9.68. The molecule has 0 heteroatoms. The normalized spacial score (nSPS) is 13.2. The summed E-state index contributed by atoms with van der Waals surface area (Å²) in [6.45, 7) is 10.7. The number of rotatable bonds is 8. The Morgan fingerprint density at radius 3 is 2.23 bits per heavy atom. The highest BCUT2D eigenvalue weighted by Gasteiger charge is 2.02. The van der Waals surface area contributed by atoms with Crippen molar-refractivity contribution >= 4 is 0 Å². The standard InChI is InChI=1S/C13H26/c1-5-6-7-8-9-13(4)11-10-12(2)3/h5,12-13H,1,6-11H2,2-4H3. The van der Waals surface area contributed by atoms with Gasteiger partial charge in [-0.05, 0) is 24.7 Å². The van der Waals surface area contributed by atoms with Crippen LogP contribution >= 0.6 is 0 Å². The van der Waals surface area contributed by atoms with Crippen molar-refractivity contribution < 1.29 is 0 Å². The first-order valence-corrected chi connectivity index (χ1v) is 5.77. The quantitative estimate of drug-likeness (QED) is 0.373. The maximum atomic E-state index is 3.74. The van der Waals surface area contributed by atoms with Crippen molar-refractivity contribution in [3.05, 3.63) is 12.7 Å². The Labute approximate surface area is 84.4 Å². The molecule has 0 aliphatic carbocycles. The lowest BCUT2D eigenvalue weighted by Crippen LogP contribution is -1.97. The predicted octanol–water partition coefficient (Wildman–Crippen LogP) is 4.81. The maximum Gasteiger partial charge on any atom is -0.0353 e. The first kappa shape index (κ1) is 12.7. The molecule has 0 radical (unpaired) electrons. The van der Waals surface area contributed by atoms with E-state index in [0.717, 1.165) is 11.8 Å². The summed E-state index contributed by atoms with van der Waals surface area (Å²) in [6, 6.07) is 0. The Kier molecular flexibility index (Phi) is 8.18. The van der Waals surface area contributed by atoms with Gasteiger partial charge in [0.25, 0.3) is 0 Å². The summed E-state index contributed by atoms with van der Waals surface area (Å²) >= 11 is 0. The number of hydrogen-bond donors (Lipinski definition) is 0. The fourth-order valence-electron chi connectivity index (χ4n) is 1.54. The molecule has 0 saturated heterocycles. The van der Waals surface area contributed by atoms with Gasteiger partial charge in [0.15, 0.2) is 0 Å². The Morgan fingerprint density at radius 2 is 1.69 bits per heavy atom. The van der Waals surface area contributed by atoms with Gasteiger partial charge in [0.1, 0.15) is 0 Å². The van der Waals surface area contributed by atoms with Gasteiger partial charge in [-0.2, -0.15) is 0 Å². The first-order chi connectivity index (χ1) is 6.16. The van der Waals surface area contributed by atoms with E-state index in [1.54, 1.807) is 0 Å². The molecule has 0 nitrogen and oxygen atoms in total. The highest BCUT2D eigenvalue weighted by Crippen LogP contribution is 2.17. The van der Waals surface area contributed by atoms with Gasteiger partial charge >= 0.3 is 0 Å². The molecular formula is C13H26. The molecule has 0 aromatic heterocycles. The summed E-state index contributed by atoms with van der Waals surface area (Å²) in [5, 5.41) is 0. The van der Waals surface area contributed by atoms with E-state index in [1.807, 2.05) is 6.08 Å². The molecule has 0 rings (SSSR count). The van der Waals surface area contributed by atoms with Gasteiger partial charge in [-0.15, -0.1) is 6.58 Å². The van der Waals surface area contributed by atoms with Crippen LogP contribution in [0.1, 0.15) is 59.3 Å². The zero-order valence-electron chi connectivity index (χ0n) is 9.68. The van der Waals surface area contributed by atoms with Crippen molar-refractivity contribution in [1.82, 2.24) is 0 Å². The third-order valence-corrected chi connectivity index (χ3v) is 2.59. The predicted molar refractivity (Wildman–Crippen MR) is 61.9 cm³/mol. The van der Waals surface area contributed by atoms with E-state index in [9.17, 15) is 0 Å². The van der Waals surface area contributed by atoms with Crippen molar-refractivity contribution in [3.63, 3.8) is 0 Å². The summed E-state index contributed by atoms with van der Waals surface area (Å²) in [5.74, 6) is 1.79. The zero-order chi connectivity index (χ0) is 10.1. The molecule has 0 aliphatic heterocycles. The molecule has 0 aliphatic rings. The molecule has 78 valence electrons. The van der Waals surface area contributed by atoms with E-state index >= 15 is 0 Å². The van der Waals surface area contributed by atoms with Crippen LogP contribution < -0.4 is 0 Å². The van der Waals surface area contributed by atoms with E-state index in [0.29, 0.717) is 0 Å². The minimum atomic E-state index is 0.871. The van der Waals surface area contributed by atoms with Gasteiger partial charge in [0, 0.05) is 0 Å². The van der Waals surface area contributed by atoms with Gasteiger partial charge in [-0.25, -0.2) is 0 Å². The lowest BCUT2D eigenvalue weighted by atomic mass is 9.95. The van der Waals surface area contributed by atoms with Crippen LogP contribution in [0.15, 0.2) is 12.7 Å². The van der Waals surface area contributed by atoms with Gasteiger partial charge in [0.2, 0.25) is 0 Å². The third-order valence-electron chi connectivity index (χ3n) is 2.59. The third kappa shape index (κ3) is 9.66. The van der Waals surface area contributed by atoms with Crippen molar-refractivity contribution in [1.29, 1.82) is 0 Å². The average Bonchev–Trinajstić information content (AvgIpc) is 2.09. The topological polar surface area (TPSA) is 0 Å². The van der Waals surface area contributed by atoms with Gasteiger partial charge in [-0.3, -0.25) is 0 Å². The monoisotopic (exact) mass is 182 g/mol. The van der Waals surface area contributed by atoms with Crippen LogP contribution in [0.4, 0.5) is 0 Å². The molecule has 0 saturated carbocycles. The number of unbranched alkanes of at least 4 members (excludes halogenated alkanes) is 2. The van der Waals surface area contributed by atoms with E-state index in [-0.39, 0.29) is 0 Å². The van der Waals surface area contributed by atoms with Crippen LogP contribution in [0, 0.1) is 11.8 Å². The van der Waals surface area contributed by atoms with Crippen LogP contribution in [-0.2, 0) is 0 Å². The summed E-state index contributed by atoms with van der Waals surface area (Å²) in [5.41, 5.74) is 0. The molecule has 0 fully saturated rings. The fourth-order valence-corrected chi connectivity index (χ4v) is 1.54. The molecule has 0 amide bonds. The molecule has 0 spiro atoms. The second-order valence-electron chi connectivity index (χ2n) is 4.65. The molecule has 13 heavy (non-hydrogen) atoms. The number of hydrogen-bond acceptors (Lipinski definition) is 0. The van der Waals surface area contributed by atoms with Crippen LogP contribution in [0.25, 0.3) is 0 Å². The highest BCUT2D eigenvalue weighted by molar-refractivity contribution is 4.66. The smallest absolute Gasteiger partial charge is 0.0353 e. The van der Waals surface area contributed by atoms with Gasteiger partial charge < -0.3 is 0 Å². The van der Waals surface area contributed by atoms with Crippen molar-refractivity contribution in [2.24, 2.45) is 11.8 Å². The van der Waals surface area contributed by atoms with E-state index in [2.05, 4.69) is 27.4 Å². The Hall–Kier alpha value is -0.260. The van der Waals surface area contributed by atoms with E-state index in [1.165, 1.54) is 38.5 Å². The van der Waals surface area contributed by atoms with Crippen LogP contribution in [-0.4, -0.2) is 0 Å². The molecule has 1 atom stereocenters. The van der Waals surface area contributed by atoms with Gasteiger partial charge in [-0.1, -0.05) is 52.5 Å². The minimum absolute atomic E-state index is 0.871. The maximum absolute atomic E-state index is 3.74. The Bertz CT molecular complexity index is 113. The van der Waals surface area contributed by atoms with Crippen molar-refractivity contribution in [2.45, 2.75) is 59.3 Å². The average molecular weight is 182 g/mol. The molecule has 0 heterocycles. The summed E-state index contributed by atoms with van der Waals surface area (Å²) in [6.07, 6.45) is 10.1. The highest BCUT2D eigenvalue weighted by atomic mass is 14.1. The second kappa shape index (κ2) is 8.34. The molecule has 0 aromatic carbocycles. The summed E-state index contributed by atoms with van der Waals surface area (Å²) < 4.78 is 0. The number of allylic oxidation sites excluding steroid dienone is 1. The van der Waals surface area contributed by atoms with E-state index in [4.69, 9.17) is 0 Å². The fraction of sp³-hybridized carbons (Fsp3) is 0.846. The van der Waals surface area contributed by atoms with E-state index < -0.39 is 0 Å².